The molecule has 0 aliphatic heterocycles. The summed E-state index contributed by atoms with van der Waals surface area (Å²) in [5.74, 6) is 1.80. The van der Waals surface area contributed by atoms with E-state index < -0.39 is 0 Å². The molecular weight excluding hydrogens is 256 g/mol. The van der Waals surface area contributed by atoms with Crippen LogP contribution in [0.5, 0.6) is 0 Å². The summed E-state index contributed by atoms with van der Waals surface area (Å²) in [5, 5.41) is 24.5. The van der Waals surface area contributed by atoms with Crippen molar-refractivity contribution in [3.05, 3.63) is 11.7 Å². The molecule has 0 aliphatic rings. The number of hydrogen-bond donors (Lipinski definition) is 1. The second-order valence-corrected chi connectivity index (χ2v) is 4.49. The van der Waals surface area contributed by atoms with Crippen LogP contribution in [0.25, 0.3) is 0 Å². The number of hydrogen-bond acceptors (Lipinski definition) is 8. The molecule has 18 heavy (non-hydrogen) atoms. The van der Waals surface area contributed by atoms with Crippen LogP contribution in [-0.2, 0) is 18.7 Å². The Morgan fingerprint density at radius 2 is 2.33 bits per heavy atom. The molecule has 0 atom stereocenters. The van der Waals surface area contributed by atoms with Crippen LogP contribution in [0.1, 0.15) is 25.1 Å². The molecule has 0 amide bonds. The van der Waals surface area contributed by atoms with E-state index >= 15 is 0 Å². The molecule has 2 aromatic heterocycles. The molecule has 0 saturated carbocycles. The van der Waals surface area contributed by atoms with Gasteiger partial charge in [0.25, 0.3) is 0 Å². The van der Waals surface area contributed by atoms with Gasteiger partial charge in [-0.25, -0.2) is 4.68 Å². The van der Waals surface area contributed by atoms with Crippen LogP contribution in [0.2, 0.25) is 0 Å². The van der Waals surface area contributed by atoms with Gasteiger partial charge in [0.1, 0.15) is 0 Å². The summed E-state index contributed by atoms with van der Waals surface area (Å²) in [4.78, 5) is 4.25. The van der Waals surface area contributed by atoms with Gasteiger partial charge in [0, 0.05) is 6.42 Å². The van der Waals surface area contributed by atoms with Crippen molar-refractivity contribution in [1.29, 1.82) is 0 Å². The van der Waals surface area contributed by atoms with Gasteiger partial charge in [-0.3, -0.25) is 0 Å². The minimum atomic E-state index is -0.000193. The van der Waals surface area contributed by atoms with E-state index in [-0.39, 0.29) is 6.61 Å². The van der Waals surface area contributed by atoms with Crippen molar-refractivity contribution >= 4 is 11.8 Å². The highest BCUT2D eigenvalue weighted by atomic mass is 32.2. The number of rotatable bonds is 7. The monoisotopic (exact) mass is 270 g/mol. The predicted molar refractivity (Wildman–Crippen MR) is 62.8 cm³/mol. The number of thioether (sulfide) groups is 1. The molecule has 0 unspecified atom stereocenters. The van der Waals surface area contributed by atoms with E-state index in [1.165, 1.54) is 16.4 Å². The van der Waals surface area contributed by atoms with Gasteiger partial charge in [0.15, 0.2) is 5.82 Å². The number of aryl methyl sites for hydroxylation is 1. The van der Waals surface area contributed by atoms with Crippen molar-refractivity contribution in [2.45, 2.75) is 37.2 Å². The maximum absolute atomic E-state index is 8.84. The fourth-order valence-electron chi connectivity index (χ4n) is 1.34. The van der Waals surface area contributed by atoms with Crippen molar-refractivity contribution in [3.8, 4) is 0 Å². The van der Waals surface area contributed by atoms with E-state index in [1.807, 2.05) is 0 Å². The normalized spacial score (nSPS) is 11.0. The lowest BCUT2D eigenvalue weighted by atomic mass is 10.3. The Hall–Kier alpha value is -1.48. The van der Waals surface area contributed by atoms with E-state index in [1.54, 1.807) is 0 Å². The van der Waals surface area contributed by atoms with E-state index in [0.29, 0.717) is 23.3 Å². The first kappa shape index (κ1) is 13.0. The summed E-state index contributed by atoms with van der Waals surface area (Å²) in [6, 6.07) is 0. The van der Waals surface area contributed by atoms with Crippen molar-refractivity contribution in [2.75, 3.05) is 6.61 Å². The second kappa shape index (κ2) is 6.45. The zero-order chi connectivity index (χ0) is 12.8. The van der Waals surface area contributed by atoms with Gasteiger partial charge in [0.2, 0.25) is 11.0 Å². The Kier molecular flexibility index (Phi) is 4.65. The zero-order valence-corrected chi connectivity index (χ0v) is 10.8. The number of aliphatic hydroxyl groups excluding tert-OH is 1. The van der Waals surface area contributed by atoms with Crippen molar-refractivity contribution < 1.29 is 9.63 Å². The molecule has 2 rings (SSSR count). The van der Waals surface area contributed by atoms with Gasteiger partial charge in [-0.1, -0.05) is 23.8 Å². The molecule has 8 nitrogen and oxygen atoms in total. The second-order valence-electron chi connectivity index (χ2n) is 3.55. The van der Waals surface area contributed by atoms with Gasteiger partial charge in [-0.15, -0.1) is 5.10 Å². The summed E-state index contributed by atoms with van der Waals surface area (Å²) in [7, 11) is 0. The summed E-state index contributed by atoms with van der Waals surface area (Å²) < 4.78 is 6.64. The van der Waals surface area contributed by atoms with Gasteiger partial charge in [0.05, 0.1) is 18.9 Å². The molecule has 0 saturated heterocycles. The third-order valence-electron chi connectivity index (χ3n) is 2.12. The molecular formula is C9H14N6O2S. The van der Waals surface area contributed by atoms with Crippen molar-refractivity contribution in [2.24, 2.45) is 0 Å². The molecule has 0 aromatic carbocycles. The van der Waals surface area contributed by atoms with Gasteiger partial charge < -0.3 is 9.63 Å². The summed E-state index contributed by atoms with van der Waals surface area (Å²) in [5.41, 5.74) is 0. The quantitative estimate of drug-likeness (QED) is 0.716. The minimum absolute atomic E-state index is 0.000193. The summed E-state index contributed by atoms with van der Waals surface area (Å²) in [6.07, 6.45) is 1.80. The fraction of sp³-hybridized carbons (Fsp3) is 0.667. The highest BCUT2D eigenvalue weighted by Crippen LogP contribution is 2.18. The fourth-order valence-corrected chi connectivity index (χ4v) is 2.08. The molecule has 2 heterocycles. The highest BCUT2D eigenvalue weighted by molar-refractivity contribution is 7.98. The maximum Gasteiger partial charge on any atom is 0.237 e. The summed E-state index contributed by atoms with van der Waals surface area (Å²) >= 11 is 1.40. The standard InChI is InChI=1S/C9H14N6O2S/c1-2-3-7-10-8(17-12-7)6-18-9-11-13-14-15(9)4-5-16/h16H,2-6H2,1H3. The van der Waals surface area contributed by atoms with Crippen LogP contribution >= 0.6 is 11.8 Å². The molecule has 1 N–H and O–H groups in total. The zero-order valence-electron chi connectivity index (χ0n) is 9.98. The minimum Gasteiger partial charge on any atom is -0.394 e. The van der Waals surface area contributed by atoms with Crippen LogP contribution in [0.3, 0.4) is 0 Å². The first-order valence-corrected chi connectivity index (χ1v) is 6.63. The first-order valence-electron chi connectivity index (χ1n) is 5.64. The number of aromatic nitrogens is 6. The molecule has 0 fully saturated rings. The molecule has 0 bridgehead atoms. The van der Waals surface area contributed by atoms with Crippen LogP contribution in [-0.4, -0.2) is 42.1 Å². The maximum atomic E-state index is 8.84. The van der Waals surface area contributed by atoms with E-state index in [2.05, 4.69) is 32.6 Å². The van der Waals surface area contributed by atoms with Gasteiger partial charge >= 0.3 is 0 Å². The van der Waals surface area contributed by atoms with Crippen LogP contribution in [0.15, 0.2) is 9.68 Å². The average molecular weight is 270 g/mol. The third kappa shape index (κ3) is 3.26. The van der Waals surface area contributed by atoms with Gasteiger partial charge in [-0.2, -0.15) is 4.98 Å². The van der Waals surface area contributed by atoms with Crippen LogP contribution < -0.4 is 0 Å². The van der Waals surface area contributed by atoms with E-state index in [4.69, 9.17) is 9.63 Å². The smallest absolute Gasteiger partial charge is 0.237 e. The van der Waals surface area contributed by atoms with Crippen LogP contribution in [0.4, 0.5) is 0 Å². The molecule has 2 aromatic rings. The van der Waals surface area contributed by atoms with Gasteiger partial charge in [-0.05, 0) is 16.8 Å². The van der Waals surface area contributed by atoms with Crippen molar-refractivity contribution in [1.82, 2.24) is 30.3 Å². The number of nitrogens with zero attached hydrogens (tertiary/aromatic N) is 6. The number of aliphatic hydroxyl groups is 1. The molecule has 98 valence electrons. The van der Waals surface area contributed by atoms with E-state index in [9.17, 15) is 0 Å². The average Bonchev–Trinajstić information content (AvgIpc) is 2.97. The Morgan fingerprint density at radius 3 is 3.11 bits per heavy atom. The Bertz CT molecular complexity index is 485. The lowest BCUT2D eigenvalue weighted by Crippen LogP contribution is -2.05. The molecule has 0 aliphatic carbocycles. The predicted octanol–water partition coefficient (Wildman–Crippen LogP) is 0.293. The van der Waals surface area contributed by atoms with E-state index in [0.717, 1.165) is 18.7 Å². The molecule has 9 heteroatoms. The third-order valence-corrected chi connectivity index (χ3v) is 3.06. The number of tetrazole rings is 1. The topological polar surface area (TPSA) is 103 Å². The Balaban J connectivity index is 1.91. The Morgan fingerprint density at radius 1 is 1.44 bits per heavy atom. The lowest BCUT2D eigenvalue weighted by molar-refractivity contribution is 0.262. The SMILES string of the molecule is CCCc1noc(CSc2nnnn2CCO)n1. The molecule has 0 spiro atoms. The summed E-state index contributed by atoms with van der Waals surface area (Å²) in [6.45, 7) is 2.44. The first-order chi connectivity index (χ1) is 8.83. The highest BCUT2D eigenvalue weighted by Gasteiger charge is 2.10. The molecule has 0 radical (unpaired) electrons. The lowest BCUT2D eigenvalue weighted by Gasteiger charge is -1.99. The largest absolute Gasteiger partial charge is 0.394 e. The van der Waals surface area contributed by atoms with Crippen molar-refractivity contribution in [3.63, 3.8) is 0 Å². The van der Waals surface area contributed by atoms with Crippen LogP contribution in [0, 0.1) is 0 Å². The Labute approximate surface area is 108 Å².